The van der Waals surface area contributed by atoms with Crippen molar-refractivity contribution in [3.05, 3.63) is 52.6 Å². The Hall–Kier alpha value is -1.88. The highest BCUT2D eigenvalue weighted by atomic mass is 79.9. The van der Waals surface area contributed by atoms with Gasteiger partial charge in [-0.15, -0.1) is 0 Å². The van der Waals surface area contributed by atoms with Gasteiger partial charge in [0.15, 0.2) is 0 Å². The summed E-state index contributed by atoms with van der Waals surface area (Å²) in [5, 5.41) is 3.34. The number of benzene rings is 1. The minimum absolute atomic E-state index is 0.0932. The molecule has 1 atom stereocenters. The quantitative estimate of drug-likeness (QED) is 0.787. The summed E-state index contributed by atoms with van der Waals surface area (Å²) in [6.07, 6.45) is 0. The van der Waals surface area contributed by atoms with E-state index in [1.165, 1.54) is 0 Å². The second-order valence-electron chi connectivity index (χ2n) is 6.64. The number of aliphatic imine (C=N–C) groups is 1. The van der Waals surface area contributed by atoms with Gasteiger partial charge >= 0.3 is 0 Å². The molecule has 1 N–H and O–H groups in total. The number of aromatic nitrogens is 1. The fourth-order valence-corrected chi connectivity index (χ4v) is 2.70. The molecule has 23 heavy (non-hydrogen) atoms. The maximum absolute atomic E-state index is 5.86. The molecule has 0 amide bonds. The van der Waals surface area contributed by atoms with E-state index in [4.69, 9.17) is 9.73 Å². The Labute approximate surface area is 145 Å². The van der Waals surface area contributed by atoms with E-state index in [0.717, 1.165) is 21.7 Å². The number of para-hydroxylation sites is 1. The lowest BCUT2D eigenvalue weighted by molar-refractivity contribution is 0.236. The molecule has 0 saturated heterocycles. The fourth-order valence-electron chi connectivity index (χ4n) is 2.36. The van der Waals surface area contributed by atoms with Gasteiger partial charge in [-0.2, -0.15) is 0 Å². The highest BCUT2D eigenvalue weighted by molar-refractivity contribution is 9.10. The molecule has 0 fully saturated rings. The van der Waals surface area contributed by atoms with E-state index in [-0.39, 0.29) is 11.5 Å². The lowest BCUT2D eigenvalue weighted by Gasteiger charge is -2.21. The Morgan fingerprint density at radius 3 is 2.61 bits per heavy atom. The van der Waals surface area contributed by atoms with Gasteiger partial charge in [0.25, 0.3) is 0 Å². The lowest BCUT2D eigenvalue weighted by Crippen LogP contribution is -2.25. The minimum Gasteiger partial charge on any atom is -0.475 e. The summed E-state index contributed by atoms with van der Waals surface area (Å²) in [6, 6.07) is 14.0. The number of nitrogens with zero attached hydrogens (tertiary/aromatic N) is 2. The van der Waals surface area contributed by atoms with Crippen LogP contribution in [0, 0.1) is 5.41 Å². The number of anilines is 2. The van der Waals surface area contributed by atoms with Crippen molar-refractivity contribution in [2.45, 2.75) is 26.8 Å². The number of hydrogen-bond acceptors (Lipinski definition) is 4. The molecular formula is C18H20BrN3O. The first-order valence-electron chi connectivity index (χ1n) is 7.63. The van der Waals surface area contributed by atoms with Crippen LogP contribution in [0.3, 0.4) is 0 Å². The molecule has 3 rings (SSSR count). The first-order valence-corrected chi connectivity index (χ1v) is 8.42. The van der Waals surface area contributed by atoms with Gasteiger partial charge in [-0.1, -0.05) is 39.0 Å². The van der Waals surface area contributed by atoms with Crippen molar-refractivity contribution < 1.29 is 4.74 Å². The molecule has 0 spiro atoms. The Morgan fingerprint density at radius 2 is 1.91 bits per heavy atom. The molecule has 1 aromatic carbocycles. The molecule has 2 aromatic rings. The van der Waals surface area contributed by atoms with Crippen molar-refractivity contribution in [3.8, 4) is 0 Å². The van der Waals surface area contributed by atoms with Crippen LogP contribution in [0.5, 0.6) is 0 Å². The van der Waals surface area contributed by atoms with E-state index in [2.05, 4.69) is 47.0 Å². The van der Waals surface area contributed by atoms with Gasteiger partial charge in [0.05, 0.1) is 17.3 Å². The zero-order chi connectivity index (χ0) is 16.4. The Kier molecular flexibility index (Phi) is 4.39. The summed E-state index contributed by atoms with van der Waals surface area (Å²) >= 11 is 3.39. The van der Waals surface area contributed by atoms with Crippen LogP contribution in [-0.2, 0) is 4.74 Å². The van der Waals surface area contributed by atoms with E-state index >= 15 is 0 Å². The van der Waals surface area contributed by atoms with Gasteiger partial charge in [0.2, 0.25) is 5.90 Å². The molecule has 0 aliphatic carbocycles. The van der Waals surface area contributed by atoms with Gasteiger partial charge in [-0.3, -0.25) is 0 Å². The lowest BCUT2D eigenvalue weighted by atomic mass is 9.88. The second-order valence-corrected chi connectivity index (χ2v) is 7.46. The van der Waals surface area contributed by atoms with E-state index in [1.807, 2.05) is 42.5 Å². The van der Waals surface area contributed by atoms with E-state index < -0.39 is 0 Å². The third kappa shape index (κ3) is 3.72. The molecule has 4 nitrogen and oxygen atoms in total. The van der Waals surface area contributed by atoms with Crippen molar-refractivity contribution in [2.24, 2.45) is 10.4 Å². The number of halogens is 1. The molecular weight excluding hydrogens is 354 g/mol. The van der Waals surface area contributed by atoms with Gasteiger partial charge in [-0.25, -0.2) is 9.98 Å². The van der Waals surface area contributed by atoms with Crippen LogP contribution >= 0.6 is 15.9 Å². The molecule has 5 heteroatoms. The molecule has 0 bridgehead atoms. The molecule has 1 aliphatic heterocycles. The summed E-state index contributed by atoms with van der Waals surface area (Å²) in [6.45, 7) is 7.18. The van der Waals surface area contributed by atoms with Crippen LogP contribution in [0.15, 0.2) is 52.1 Å². The predicted octanol–water partition coefficient (Wildman–Crippen LogP) is 4.78. The highest BCUT2D eigenvalue weighted by Gasteiger charge is 2.31. The molecule has 0 saturated carbocycles. The number of hydrogen-bond donors (Lipinski definition) is 1. The van der Waals surface area contributed by atoms with Crippen molar-refractivity contribution >= 4 is 33.3 Å². The molecule has 0 radical (unpaired) electrons. The third-order valence-electron chi connectivity index (χ3n) is 3.79. The number of nitrogens with one attached hydrogen (secondary N) is 1. The van der Waals surface area contributed by atoms with Crippen LogP contribution < -0.4 is 5.32 Å². The second kappa shape index (κ2) is 6.32. The molecule has 1 aromatic heterocycles. The maximum atomic E-state index is 5.86. The van der Waals surface area contributed by atoms with E-state index in [0.29, 0.717) is 12.5 Å². The summed E-state index contributed by atoms with van der Waals surface area (Å²) in [4.78, 5) is 9.19. The maximum Gasteiger partial charge on any atom is 0.218 e. The largest absolute Gasteiger partial charge is 0.475 e. The Bertz CT molecular complexity index is 737. The topological polar surface area (TPSA) is 46.5 Å². The monoisotopic (exact) mass is 373 g/mol. The van der Waals surface area contributed by atoms with Gasteiger partial charge in [0, 0.05) is 0 Å². The van der Waals surface area contributed by atoms with Crippen LogP contribution in [0.4, 0.5) is 11.5 Å². The first kappa shape index (κ1) is 16.0. The van der Waals surface area contributed by atoms with Crippen molar-refractivity contribution in [1.82, 2.24) is 4.98 Å². The van der Waals surface area contributed by atoms with E-state index in [9.17, 15) is 0 Å². The molecule has 0 unspecified atom stereocenters. The average Bonchev–Trinajstić information content (AvgIpc) is 2.98. The number of pyridine rings is 1. The Balaban J connectivity index is 1.90. The first-order chi connectivity index (χ1) is 10.9. The van der Waals surface area contributed by atoms with Gasteiger partial charge in [-0.05, 0) is 45.6 Å². The standard InChI is InChI=1S/C18H20BrN3O/c1-18(2,3)14-11-23-17(21-14)12-7-4-5-8-13(12)20-16-10-6-9-15(19)22-16/h4-10,14H,11H2,1-3H3,(H,20,22)/t14-/m1/s1. The zero-order valence-electron chi connectivity index (χ0n) is 13.5. The minimum atomic E-state index is 0.0932. The molecule has 1 aliphatic rings. The number of rotatable bonds is 3. The third-order valence-corrected chi connectivity index (χ3v) is 4.23. The highest BCUT2D eigenvalue weighted by Crippen LogP contribution is 2.30. The van der Waals surface area contributed by atoms with Gasteiger partial charge < -0.3 is 10.1 Å². The van der Waals surface area contributed by atoms with Crippen LogP contribution in [-0.4, -0.2) is 23.5 Å². The summed E-state index contributed by atoms with van der Waals surface area (Å²) < 4.78 is 6.65. The summed E-state index contributed by atoms with van der Waals surface area (Å²) in [5.41, 5.74) is 1.99. The molecule has 2 heterocycles. The van der Waals surface area contributed by atoms with Crippen molar-refractivity contribution in [3.63, 3.8) is 0 Å². The van der Waals surface area contributed by atoms with Crippen LogP contribution in [0.25, 0.3) is 0 Å². The predicted molar refractivity (Wildman–Crippen MR) is 97.4 cm³/mol. The van der Waals surface area contributed by atoms with Crippen molar-refractivity contribution in [2.75, 3.05) is 11.9 Å². The smallest absolute Gasteiger partial charge is 0.218 e. The SMILES string of the molecule is CC(C)(C)[C@H]1COC(c2ccccc2Nc2cccc(Br)n2)=N1. The zero-order valence-corrected chi connectivity index (χ0v) is 15.1. The van der Waals surface area contributed by atoms with Crippen molar-refractivity contribution in [1.29, 1.82) is 0 Å². The van der Waals surface area contributed by atoms with E-state index in [1.54, 1.807) is 0 Å². The summed E-state index contributed by atoms with van der Waals surface area (Å²) in [5.74, 6) is 1.47. The Morgan fingerprint density at radius 1 is 1.13 bits per heavy atom. The molecule has 120 valence electrons. The van der Waals surface area contributed by atoms with Gasteiger partial charge in [0.1, 0.15) is 17.0 Å². The van der Waals surface area contributed by atoms with Crippen LogP contribution in [0.2, 0.25) is 0 Å². The average molecular weight is 374 g/mol. The number of ether oxygens (including phenoxy) is 1. The summed E-state index contributed by atoms with van der Waals surface area (Å²) in [7, 11) is 0. The normalized spacial score (nSPS) is 17.6. The fraction of sp³-hybridized carbons (Fsp3) is 0.333. The van der Waals surface area contributed by atoms with Crippen LogP contribution in [0.1, 0.15) is 26.3 Å².